The molecular weight excluding hydrogens is 182 g/mol. The third-order valence-electron chi connectivity index (χ3n) is 1.75. The molecule has 0 radical (unpaired) electrons. The van der Waals surface area contributed by atoms with E-state index < -0.39 is 0 Å². The molecule has 72 valence electrons. The van der Waals surface area contributed by atoms with Crippen molar-refractivity contribution in [2.24, 2.45) is 5.41 Å². The first kappa shape index (κ1) is 10.5. The Hall–Kier alpha value is -0.560. The molecule has 0 fully saturated rings. The molecule has 0 bridgehead atoms. The fraction of sp³-hybridized carbons (Fsp3) is 0.545. The lowest BCUT2D eigenvalue weighted by Gasteiger charge is -2.18. The highest BCUT2D eigenvalue weighted by Gasteiger charge is 2.14. The lowest BCUT2D eigenvalue weighted by atomic mass is 9.90. The van der Waals surface area contributed by atoms with Gasteiger partial charge in [-0.2, -0.15) is 0 Å². The predicted molar refractivity (Wildman–Crippen MR) is 57.1 cm³/mol. The van der Waals surface area contributed by atoms with Crippen LogP contribution in [0.25, 0.3) is 0 Å². The lowest BCUT2D eigenvalue weighted by molar-refractivity contribution is 0.406. The molecule has 1 nitrogen and oxygen atoms in total. The molecule has 0 atom stereocenters. The molecule has 13 heavy (non-hydrogen) atoms. The first-order valence-electron chi connectivity index (χ1n) is 4.49. The summed E-state index contributed by atoms with van der Waals surface area (Å²) in [6.45, 7) is 8.56. The molecule has 0 amide bonds. The molecule has 0 aliphatic rings. The van der Waals surface area contributed by atoms with Crippen LogP contribution in [0.2, 0.25) is 5.02 Å². The first-order valence-corrected chi connectivity index (χ1v) is 4.87. The van der Waals surface area contributed by atoms with Crippen LogP contribution in [0.1, 0.15) is 32.0 Å². The SMILES string of the molecule is Cc1cnc(CC(C)(C)C)c(Cl)c1. The summed E-state index contributed by atoms with van der Waals surface area (Å²) < 4.78 is 0. The minimum absolute atomic E-state index is 0.242. The van der Waals surface area contributed by atoms with Gasteiger partial charge in [0.1, 0.15) is 0 Å². The van der Waals surface area contributed by atoms with Crippen LogP contribution in [-0.4, -0.2) is 4.98 Å². The van der Waals surface area contributed by atoms with Crippen molar-refractivity contribution in [2.45, 2.75) is 34.1 Å². The maximum absolute atomic E-state index is 6.07. The molecule has 1 aromatic rings. The highest BCUT2D eigenvalue weighted by Crippen LogP contribution is 2.24. The Morgan fingerprint density at radius 3 is 2.46 bits per heavy atom. The highest BCUT2D eigenvalue weighted by molar-refractivity contribution is 6.31. The average molecular weight is 198 g/mol. The monoisotopic (exact) mass is 197 g/mol. The zero-order chi connectivity index (χ0) is 10.1. The Balaban J connectivity index is 2.90. The first-order chi connectivity index (χ1) is 5.88. The van der Waals surface area contributed by atoms with Crippen LogP contribution >= 0.6 is 11.6 Å². The van der Waals surface area contributed by atoms with Gasteiger partial charge in [0, 0.05) is 6.20 Å². The van der Waals surface area contributed by atoms with Crippen LogP contribution in [-0.2, 0) is 6.42 Å². The van der Waals surface area contributed by atoms with E-state index in [0.29, 0.717) is 0 Å². The number of aryl methyl sites for hydroxylation is 1. The van der Waals surface area contributed by atoms with E-state index in [1.807, 2.05) is 19.2 Å². The summed E-state index contributed by atoms with van der Waals surface area (Å²) in [5.41, 5.74) is 2.36. The van der Waals surface area contributed by atoms with Crippen molar-refractivity contribution < 1.29 is 0 Å². The van der Waals surface area contributed by atoms with Gasteiger partial charge in [-0.1, -0.05) is 32.4 Å². The number of hydrogen-bond acceptors (Lipinski definition) is 1. The molecule has 0 aromatic carbocycles. The molecule has 0 saturated heterocycles. The number of nitrogens with zero attached hydrogens (tertiary/aromatic N) is 1. The number of hydrogen-bond donors (Lipinski definition) is 0. The van der Waals surface area contributed by atoms with Crippen molar-refractivity contribution in [3.63, 3.8) is 0 Å². The van der Waals surface area contributed by atoms with Gasteiger partial charge in [0.15, 0.2) is 0 Å². The van der Waals surface area contributed by atoms with Crippen molar-refractivity contribution in [1.82, 2.24) is 4.98 Å². The quantitative estimate of drug-likeness (QED) is 0.670. The zero-order valence-corrected chi connectivity index (χ0v) is 9.44. The molecule has 1 heterocycles. The van der Waals surface area contributed by atoms with Crippen molar-refractivity contribution in [1.29, 1.82) is 0 Å². The Kier molecular flexibility index (Phi) is 2.97. The number of halogens is 1. The van der Waals surface area contributed by atoms with Gasteiger partial charge in [-0.15, -0.1) is 0 Å². The third-order valence-corrected chi connectivity index (χ3v) is 2.08. The normalized spacial score (nSPS) is 11.8. The largest absolute Gasteiger partial charge is 0.259 e. The summed E-state index contributed by atoms with van der Waals surface area (Å²) in [5.74, 6) is 0. The molecule has 0 unspecified atom stereocenters. The topological polar surface area (TPSA) is 12.9 Å². The third kappa shape index (κ3) is 3.35. The van der Waals surface area contributed by atoms with Gasteiger partial charge in [-0.05, 0) is 30.4 Å². The van der Waals surface area contributed by atoms with E-state index >= 15 is 0 Å². The minimum atomic E-state index is 0.242. The van der Waals surface area contributed by atoms with Crippen molar-refractivity contribution in [3.05, 3.63) is 28.5 Å². The maximum atomic E-state index is 6.07. The van der Waals surface area contributed by atoms with Crippen LogP contribution < -0.4 is 0 Å². The molecule has 0 aliphatic carbocycles. The van der Waals surface area contributed by atoms with E-state index in [1.54, 1.807) is 0 Å². The summed E-state index contributed by atoms with van der Waals surface area (Å²) in [5, 5.41) is 0.787. The van der Waals surface area contributed by atoms with Crippen molar-refractivity contribution in [3.8, 4) is 0 Å². The maximum Gasteiger partial charge on any atom is 0.0624 e. The Labute approximate surface area is 85.1 Å². The van der Waals surface area contributed by atoms with E-state index in [9.17, 15) is 0 Å². The van der Waals surface area contributed by atoms with Gasteiger partial charge in [0.25, 0.3) is 0 Å². The van der Waals surface area contributed by atoms with Crippen LogP contribution in [0.4, 0.5) is 0 Å². The predicted octanol–water partition coefficient (Wildman–Crippen LogP) is 3.63. The Morgan fingerprint density at radius 2 is 2.00 bits per heavy atom. The van der Waals surface area contributed by atoms with Gasteiger partial charge in [-0.25, -0.2) is 0 Å². The van der Waals surface area contributed by atoms with Gasteiger partial charge in [0.2, 0.25) is 0 Å². The molecule has 0 aliphatic heterocycles. The van der Waals surface area contributed by atoms with Crippen LogP contribution in [0.3, 0.4) is 0 Å². The molecular formula is C11H16ClN. The van der Waals surface area contributed by atoms with E-state index in [4.69, 9.17) is 11.6 Å². The minimum Gasteiger partial charge on any atom is -0.259 e. The molecule has 0 spiro atoms. The fourth-order valence-electron chi connectivity index (χ4n) is 1.19. The zero-order valence-electron chi connectivity index (χ0n) is 8.69. The van der Waals surface area contributed by atoms with E-state index in [1.165, 1.54) is 0 Å². The summed E-state index contributed by atoms with van der Waals surface area (Å²) in [4.78, 5) is 4.33. The summed E-state index contributed by atoms with van der Waals surface area (Å²) in [6.07, 6.45) is 2.79. The standard InChI is InChI=1S/C11H16ClN/c1-8-5-9(12)10(13-7-8)6-11(2,3)4/h5,7H,6H2,1-4H3. The van der Waals surface area contributed by atoms with Gasteiger partial charge in [0.05, 0.1) is 10.7 Å². The second-order valence-electron chi connectivity index (χ2n) is 4.68. The molecule has 2 heteroatoms. The highest BCUT2D eigenvalue weighted by atomic mass is 35.5. The fourth-order valence-corrected chi connectivity index (χ4v) is 1.48. The van der Waals surface area contributed by atoms with Gasteiger partial charge < -0.3 is 0 Å². The van der Waals surface area contributed by atoms with Crippen molar-refractivity contribution >= 4 is 11.6 Å². The molecule has 1 rings (SSSR count). The second kappa shape index (κ2) is 3.67. The van der Waals surface area contributed by atoms with Crippen LogP contribution in [0, 0.1) is 12.3 Å². The molecule has 1 aromatic heterocycles. The van der Waals surface area contributed by atoms with Crippen LogP contribution in [0.5, 0.6) is 0 Å². The summed E-state index contributed by atoms with van der Waals surface area (Å²) in [6, 6.07) is 1.97. The van der Waals surface area contributed by atoms with Gasteiger partial charge in [-0.3, -0.25) is 4.98 Å². The summed E-state index contributed by atoms with van der Waals surface area (Å²) in [7, 11) is 0. The van der Waals surface area contributed by atoms with E-state index in [2.05, 4.69) is 25.8 Å². The smallest absolute Gasteiger partial charge is 0.0624 e. The number of rotatable bonds is 1. The van der Waals surface area contributed by atoms with Crippen LogP contribution in [0.15, 0.2) is 12.3 Å². The second-order valence-corrected chi connectivity index (χ2v) is 5.09. The average Bonchev–Trinajstić information content (AvgIpc) is 1.93. The lowest BCUT2D eigenvalue weighted by Crippen LogP contribution is -2.10. The Bertz CT molecular complexity index is 299. The van der Waals surface area contributed by atoms with E-state index in [0.717, 1.165) is 22.7 Å². The molecule has 0 saturated carbocycles. The summed E-state index contributed by atoms with van der Waals surface area (Å²) >= 11 is 6.07. The Morgan fingerprint density at radius 1 is 1.38 bits per heavy atom. The molecule has 0 N–H and O–H groups in total. The van der Waals surface area contributed by atoms with E-state index in [-0.39, 0.29) is 5.41 Å². The number of aromatic nitrogens is 1. The van der Waals surface area contributed by atoms with Crippen molar-refractivity contribution in [2.75, 3.05) is 0 Å². The number of pyridine rings is 1. The van der Waals surface area contributed by atoms with Gasteiger partial charge >= 0.3 is 0 Å².